The minimum atomic E-state index is -0.581. The van der Waals surface area contributed by atoms with E-state index in [1.54, 1.807) is 0 Å². The third-order valence-electron chi connectivity index (χ3n) is 5.58. The molecule has 2 saturated heterocycles. The Labute approximate surface area is 176 Å². The molecule has 0 saturated carbocycles. The van der Waals surface area contributed by atoms with Crippen molar-refractivity contribution < 1.29 is 24.4 Å². The number of hydrogen-bond donors (Lipinski definition) is 2. The van der Waals surface area contributed by atoms with E-state index in [2.05, 4.69) is 0 Å². The third kappa shape index (κ3) is 5.11. The number of halogens is 1. The van der Waals surface area contributed by atoms with Crippen LogP contribution in [-0.4, -0.2) is 48.3 Å². The third-order valence-corrected chi connectivity index (χ3v) is 5.95. The van der Waals surface area contributed by atoms with E-state index in [0.29, 0.717) is 30.9 Å². The molecule has 29 heavy (non-hydrogen) atoms. The van der Waals surface area contributed by atoms with Crippen LogP contribution in [0.4, 0.5) is 0 Å². The highest BCUT2D eigenvalue weighted by Gasteiger charge is 2.31. The molecule has 0 aromatic heterocycles. The van der Waals surface area contributed by atoms with Crippen molar-refractivity contribution in [2.45, 2.75) is 50.1 Å². The molecular weight excluding hydrogens is 392 g/mol. The average molecular weight is 419 g/mol. The molecule has 0 radical (unpaired) electrons. The lowest BCUT2D eigenvalue weighted by atomic mass is 9.93. The van der Waals surface area contributed by atoms with Crippen molar-refractivity contribution in [2.24, 2.45) is 0 Å². The molecular formula is C23H27ClO5. The summed E-state index contributed by atoms with van der Waals surface area (Å²) in [5.41, 5.74) is 2.98. The van der Waals surface area contributed by atoms with Gasteiger partial charge in [-0.05, 0) is 54.2 Å². The van der Waals surface area contributed by atoms with E-state index in [0.717, 1.165) is 35.5 Å². The number of aliphatic hydroxyl groups excluding tert-OH is 2. The molecule has 2 heterocycles. The van der Waals surface area contributed by atoms with Crippen LogP contribution in [0.25, 0.3) is 0 Å². The van der Waals surface area contributed by atoms with Crippen molar-refractivity contribution in [3.63, 3.8) is 0 Å². The van der Waals surface area contributed by atoms with E-state index in [-0.39, 0.29) is 18.8 Å². The number of aliphatic hydroxyl groups is 2. The average Bonchev–Trinajstić information content (AvgIpc) is 3.25. The smallest absolute Gasteiger partial charge is 0.124 e. The highest BCUT2D eigenvalue weighted by molar-refractivity contribution is 6.31. The first-order valence-corrected chi connectivity index (χ1v) is 10.6. The van der Waals surface area contributed by atoms with Crippen LogP contribution in [0.3, 0.4) is 0 Å². The van der Waals surface area contributed by atoms with E-state index in [1.807, 2.05) is 42.5 Å². The molecule has 2 aliphatic rings. The Kier molecular flexibility index (Phi) is 6.73. The lowest BCUT2D eigenvalue weighted by molar-refractivity contribution is -0.132. The lowest BCUT2D eigenvalue weighted by Crippen LogP contribution is -2.34. The summed E-state index contributed by atoms with van der Waals surface area (Å²) in [7, 11) is 0. The van der Waals surface area contributed by atoms with Crippen LogP contribution in [0.2, 0.25) is 5.02 Å². The number of rotatable bonds is 6. The van der Waals surface area contributed by atoms with Crippen LogP contribution < -0.4 is 4.74 Å². The van der Waals surface area contributed by atoms with Gasteiger partial charge in [-0.15, -0.1) is 0 Å². The first kappa shape index (κ1) is 20.6. The normalized spacial score (nSPS) is 27.1. The molecule has 0 bridgehead atoms. The summed E-state index contributed by atoms with van der Waals surface area (Å²) >= 11 is 6.44. The van der Waals surface area contributed by atoms with Crippen molar-refractivity contribution in [1.29, 1.82) is 0 Å². The van der Waals surface area contributed by atoms with Gasteiger partial charge in [-0.2, -0.15) is 0 Å². The molecule has 4 rings (SSSR count). The maximum absolute atomic E-state index is 10.4. The first-order chi connectivity index (χ1) is 14.1. The van der Waals surface area contributed by atoms with Gasteiger partial charge in [0.15, 0.2) is 0 Å². The minimum Gasteiger partial charge on any atom is -0.488 e. The molecule has 2 N–H and O–H groups in total. The summed E-state index contributed by atoms with van der Waals surface area (Å²) in [5.74, 6) is 0.845. The topological polar surface area (TPSA) is 68.2 Å². The molecule has 0 spiro atoms. The largest absolute Gasteiger partial charge is 0.488 e. The zero-order valence-corrected chi connectivity index (χ0v) is 17.1. The minimum absolute atomic E-state index is 0.0366. The Morgan fingerprint density at radius 3 is 2.62 bits per heavy atom. The van der Waals surface area contributed by atoms with Crippen LogP contribution in [0.1, 0.15) is 42.1 Å². The van der Waals surface area contributed by atoms with Gasteiger partial charge in [0.1, 0.15) is 18.0 Å². The standard InChI is InChI=1S/C23H27ClO5/c24-21-7-3-16(23-22(26)8-6-19(13-25)29-23)12-17(21)11-15-1-4-18(5-2-15)28-20-9-10-27-14-20/h1-5,7,12,19-20,22-23,25-26H,6,8-11,13-14H2/t19-,20-,22+,23-/m0/s1. The summed E-state index contributed by atoms with van der Waals surface area (Å²) in [6.45, 7) is 1.37. The van der Waals surface area contributed by atoms with Gasteiger partial charge < -0.3 is 24.4 Å². The Morgan fingerprint density at radius 1 is 1.07 bits per heavy atom. The summed E-state index contributed by atoms with van der Waals surface area (Å²) in [4.78, 5) is 0. The van der Waals surface area contributed by atoms with Crippen molar-refractivity contribution in [3.05, 3.63) is 64.2 Å². The lowest BCUT2D eigenvalue weighted by Gasteiger charge is -2.33. The fraction of sp³-hybridized carbons (Fsp3) is 0.478. The molecule has 0 aliphatic carbocycles. The molecule has 2 aromatic rings. The van der Waals surface area contributed by atoms with Crippen molar-refractivity contribution in [3.8, 4) is 5.75 Å². The van der Waals surface area contributed by atoms with Crippen molar-refractivity contribution >= 4 is 11.6 Å². The van der Waals surface area contributed by atoms with Crippen molar-refractivity contribution in [1.82, 2.24) is 0 Å². The van der Waals surface area contributed by atoms with Crippen LogP contribution in [0, 0.1) is 0 Å². The fourth-order valence-electron chi connectivity index (χ4n) is 3.92. The quantitative estimate of drug-likeness (QED) is 0.749. The van der Waals surface area contributed by atoms with Crippen LogP contribution >= 0.6 is 11.6 Å². The van der Waals surface area contributed by atoms with Gasteiger partial charge in [0, 0.05) is 11.4 Å². The van der Waals surface area contributed by atoms with Gasteiger partial charge in [-0.1, -0.05) is 35.9 Å². The monoisotopic (exact) mass is 418 g/mol. The van der Waals surface area contributed by atoms with Crippen LogP contribution in [0.5, 0.6) is 5.75 Å². The van der Waals surface area contributed by atoms with Gasteiger partial charge in [0.25, 0.3) is 0 Å². The number of benzene rings is 2. The first-order valence-electron chi connectivity index (χ1n) is 10.2. The van der Waals surface area contributed by atoms with Gasteiger partial charge >= 0.3 is 0 Å². The molecule has 6 heteroatoms. The summed E-state index contributed by atoms with van der Waals surface area (Å²) < 4.78 is 17.2. The highest BCUT2D eigenvalue weighted by atomic mass is 35.5. The maximum atomic E-state index is 10.4. The Bertz CT molecular complexity index is 803. The second-order valence-corrected chi connectivity index (χ2v) is 8.19. The SMILES string of the molecule is OC[C@@H]1CC[C@@H](O)[C@H](c2ccc(Cl)c(Cc3ccc(O[C@H]4CCOC4)cc3)c2)O1. The zero-order valence-electron chi connectivity index (χ0n) is 16.3. The predicted molar refractivity (Wildman–Crippen MR) is 110 cm³/mol. The molecule has 2 aromatic carbocycles. The second kappa shape index (κ2) is 9.45. The van der Waals surface area contributed by atoms with E-state index in [4.69, 9.17) is 25.8 Å². The van der Waals surface area contributed by atoms with Gasteiger partial charge in [-0.25, -0.2) is 0 Å². The molecule has 4 atom stereocenters. The molecule has 0 unspecified atom stereocenters. The van der Waals surface area contributed by atoms with E-state index in [1.165, 1.54) is 0 Å². The number of ether oxygens (including phenoxy) is 3. The summed E-state index contributed by atoms with van der Waals surface area (Å²) in [6, 6.07) is 13.8. The summed E-state index contributed by atoms with van der Waals surface area (Å²) in [5, 5.41) is 20.5. The Balaban J connectivity index is 1.46. The van der Waals surface area contributed by atoms with E-state index in [9.17, 15) is 10.2 Å². The molecule has 2 aliphatic heterocycles. The van der Waals surface area contributed by atoms with Crippen LogP contribution in [0.15, 0.2) is 42.5 Å². The second-order valence-electron chi connectivity index (χ2n) is 7.78. The Morgan fingerprint density at radius 2 is 1.90 bits per heavy atom. The maximum Gasteiger partial charge on any atom is 0.124 e. The zero-order chi connectivity index (χ0) is 20.2. The predicted octanol–water partition coefficient (Wildman–Crippen LogP) is 3.67. The molecule has 156 valence electrons. The van der Waals surface area contributed by atoms with Crippen molar-refractivity contribution in [2.75, 3.05) is 19.8 Å². The van der Waals surface area contributed by atoms with Gasteiger partial charge in [0.05, 0.1) is 32.0 Å². The molecule has 0 amide bonds. The van der Waals surface area contributed by atoms with Crippen LogP contribution in [-0.2, 0) is 15.9 Å². The highest BCUT2D eigenvalue weighted by Crippen LogP contribution is 2.34. The van der Waals surface area contributed by atoms with E-state index >= 15 is 0 Å². The van der Waals surface area contributed by atoms with Gasteiger partial charge in [0.2, 0.25) is 0 Å². The number of hydrogen-bond acceptors (Lipinski definition) is 5. The molecule has 5 nitrogen and oxygen atoms in total. The fourth-order valence-corrected chi connectivity index (χ4v) is 4.10. The van der Waals surface area contributed by atoms with Gasteiger partial charge in [-0.3, -0.25) is 0 Å². The summed E-state index contributed by atoms with van der Waals surface area (Å²) in [6.07, 6.45) is 1.75. The Hall–Kier alpha value is -1.63. The molecule has 2 fully saturated rings. The van der Waals surface area contributed by atoms with E-state index < -0.39 is 12.2 Å².